The lowest BCUT2D eigenvalue weighted by Gasteiger charge is -2.04. The molecule has 17 heavy (non-hydrogen) atoms. The lowest BCUT2D eigenvalue weighted by atomic mass is 10.2. The lowest BCUT2D eigenvalue weighted by Crippen LogP contribution is -1.99. The third-order valence-electron chi connectivity index (χ3n) is 2.79. The minimum absolute atomic E-state index is 0.771. The molecule has 0 amide bonds. The molecular weight excluding hydrogens is 232 g/mol. The fraction of sp³-hybridized carbons (Fsp3) is 0.0714. The van der Waals surface area contributed by atoms with E-state index in [1.54, 1.807) is 0 Å². The van der Waals surface area contributed by atoms with E-state index in [2.05, 4.69) is 21.8 Å². The van der Waals surface area contributed by atoms with Gasteiger partial charge in [-0.15, -0.1) is 0 Å². The molecule has 2 heterocycles. The number of halogens is 1. The number of aromatic nitrogens is 2. The second-order valence-corrected chi connectivity index (χ2v) is 4.40. The van der Waals surface area contributed by atoms with Crippen molar-refractivity contribution in [3.05, 3.63) is 65.6 Å². The Balaban J connectivity index is 2.01. The summed E-state index contributed by atoms with van der Waals surface area (Å²) in [5.41, 5.74) is 2.24. The summed E-state index contributed by atoms with van der Waals surface area (Å²) in [5.74, 6) is 0. The first-order valence-corrected chi connectivity index (χ1v) is 5.85. The van der Waals surface area contributed by atoms with Crippen molar-refractivity contribution in [1.82, 2.24) is 9.55 Å². The van der Waals surface area contributed by atoms with Gasteiger partial charge in [0.05, 0.1) is 12.2 Å². The van der Waals surface area contributed by atoms with Crippen LogP contribution in [-0.4, -0.2) is 9.55 Å². The quantitative estimate of drug-likeness (QED) is 0.669. The van der Waals surface area contributed by atoms with Crippen molar-refractivity contribution in [3.8, 4) is 0 Å². The number of hydrogen-bond acceptors (Lipinski definition) is 1. The molecule has 0 N–H and O–H groups in total. The van der Waals surface area contributed by atoms with Crippen LogP contribution in [0.5, 0.6) is 0 Å². The van der Waals surface area contributed by atoms with E-state index in [1.165, 1.54) is 5.52 Å². The van der Waals surface area contributed by atoms with Crippen LogP contribution in [0, 0.1) is 0 Å². The summed E-state index contributed by atoms with van der Waals surface area (Å²) in [6, 6.07) is 14.0. The highest BCUT2D eigenvalue weighted by Gasteiger charge is 2.02. The molecule has 0 aliphatic rings. The summed E-state index contributed by atoms with van der Waals surface area (Å²) in [5, 5.41) is 1.93. The molecule has 84 valence electrons. The Morgan fingerprint density at radius 1 is 1.12 bits per heavy atom. The van der Waals surface area contributed by atoms with Gasteiger partial charge in [-0.25, -0.2) is 0 Å². The van der Waals surface area contributed by atoms with Gasteiger partial charge in [-0.3, -0.25) is 4.98 Å². The zero-order valence-corrected chi connectivity index (χ0v) is 9.93. The smallest absolute Gasteiger partial charge is 0.0648 e. The van der Waals surface area contributed by atoms with Gasteiger partial charge >= 0.3 is 0 Å². The molecule has 3 heteroatoms. The molecule has 0 saturated heterocycles. The van der Waals surface area contributed by atoms with E-state index in [0.717, 1.165) is 22.6 Å². The fourth-order valence-corrected chi connectivity index (χ4v) is 2.16. The maximum atomic E-state index is 5.97. The van der Waals surface area contributed by atoms with Crippen LogP contribution in [0.25, 0.3) is 10.9 Å². The minimum atomic E-state index is 0.771. The fourth-order valence-electron chi connectivity index (χ4n) is 1.98. The van der Waals surface area contributed by atoms with Gasteiger partial charge < -0.3 is 4.57 Å². The Morgan fingerprint density at radius 2 is 2.06 bits per heavy atom. The van der Waals surface area contributed by atoms with Crippen LogP contribution >= 0.6 is 11.6 Å². The Labute approximate surface area is 104 Å². The first-order valence-electron chi connectivity index (χ1n) is 5.47. The topological polar surface area (TPSA) is 17.8 Å². The van der Waals surface area contributed by atoms with E-state index >= 15 is 0 Å². The van der Waals surface area contributed by atoms with E-state index in [0.29, 0.717) is 0 Å². The normalized spacial score (nSPS) is 10.9. The molecule has 0 atom stereocenters. The Morgan fingerprint density at radius 3 is 2.88 bits per heavy atom. The predicted octanol–water partition coefficient (Wildman–Crippen LogP) is 3.74. The summed E-state index contributed by atoms with van der Waals surface area (Å²) in [6.07, 6.45) is 3.88. The van der Waals surface area contributed by atoms with Gasteiger partial charge in [0, 0.05) is 28.3 Å². The lowest BCUT2D eigenvalue weighted by molar-refractivity contribution is 0.807. The molecule has 0 bridgehead atoms. The third-order valence-corrected chi connectivity index (χ3v) is 3.03. The third kappa shape index (κ3) is 2.04. The second-order valence-electron chi connectivity index (χ2n) is 3.97. The van der Waals surface area contributed by atoms with Gasteiger partial charge in [0.15, 0.2) is 0 Å². The number of fused-ring (bicyclic) bond motifs is 1. The van der Waals surface area contributed by atoms with Crippen molar-refractivity contribution in [3.63, 3.8) is 0 Å². The maximum absolute atomic E-state index is 5.97. The highest BCUT2D eigenvalue weighted by molar-refractivity contribution is 6.31. The Kier molecular flexibility index (Phi) is 2.57. The predicted molar refractivity (Wildman–Crippen MR) is 70.3 cm³/mol. The summed E-state index contributed by atoms with van der Waals surface area (Å²) in [7, 11) is 0. The van der Waals surface area contributed by atoms with E-state index in [9.17, 15) is 0 Å². The molecule has 0 aliphatic carbocycles. The van der Waals surface area contributed by atoms with E-state index < -0.39 is 0 Å². The standard InChI is InChI=1S/C14H11ClN2/c15-12-4-5-14-11(9-12)6-8-17(14)10-13-3-1-2-7-16-13/h1-9H,10H2. The molecule has 0 aliphatic heterocycles. The van der Waals surface area contributed by atoms with Crippen LogP contribution in [0.15, 0.2) is 54.9 Å². The zero-order valence-electron chi connectivity index (χ0n) is 9.18. The molecule has 2 nitrogen and oxygen atoms in total. The summed E-state index contributed by atoms with van der Waals surface area (Å²) < 4.78 is 2.17. The van der Waals surface area contributed by atoms with Gasteiger partial charge in [-0.05, 0) is 36.4 Å². The highest BCUT2D eigenvalue weighted by atomic mass is 35.5. The van der Waals surface area contributed by atoms with E-state index in [1.807, 2.05) is 42.6 Å². The van der Waals surface area contributed by atoms with Gasteiger partial charge in [0.25, 0.3) is 0 Å². The van der Waals surface area contributed by atoms with Crippen molar-refractivity contribution >= 4 is 22.5 Å². The first kappa shape index (κ1) is 10.4. The summed E-state index contributed by atoms with van der Waals surface area (Å²) in [4.78, 5) is 4.33. The molecule has 0 spiro atoms. The molecule has 0 fully saturated rings. The number of nitrogens with zero attached hydrogens (tertiary/aromatic N) is 2. The molecule has 3 aromatic rings. The van der Waals surface area contributed by atoms with E-state index in [-0.39, 0.29) is 0 Å². The Hall–Kier alpha value is -1.80. The van der Waals surface area contributed by atoms with Crippen molar-refractivity contribution in [2.24, 2.45) is 0 Å². The molecule has 3 rings (SSSR count). The minimum Gasteiger partial charge on any atom is -0.341 e. The van der Waals surface area contributed by atoms with Crippen molar-refractivity contribution in [1.29, 1.82) is 0 Å². The molecule has 1 aromatic carbocycles. The second kappa shape index (κ2) is 4.22. The van der Waals surface area contributed by atoms with Crippen LogP contribution in [-0.2, 0) is 6.54 Å². The van der Waals surface area contributed by atoms with Crippen LogP contribution in [0.4, 0.5) is 0 Å². The molecule has 0 unspecified atom stereocenters. The van der Waals surface area contributed by atoms with Gasteiger partial charge in [-0.2, -0.15) is 0 Å². The monoisotopic (exact) mass is 242 g/mol. The largest absolute Gasteiger partial charge is 0.341 e. The number of benzene rings is 1. The van der Waals surface area contributed by atoms with Crippen LogP contribution in [0.1, 0.15) is 5.69 Å². The summed E-state index contributed by atoms with van der Waals surface area (Å²) in [6.45, 7) is 0.784. The molecule has 2 aromatic heterocycles. The summed E-state index contributed by atoms with van der Waals surface area (Å²) >= 11 is 5.97. The number of pyridine rings is 1. The van der Waals surface area contributed by atoms with Gasteiger partial charge in [0.2, 0.25) is 0 Å². The SMILES string of the molecule is Clc1ccc2c(ccn2Cc2ccccn2)c1. The zero-order chi connectivity index (χ0) is 11.7. The van der Waals surface area contributed by atoms with E-state index in [4.69, 9.17) is 11.6 Å². The maximum Gasteiger partial charge on any atom is 0.0648 e. The molecule has 0 radical (unpaired) electrons. The highest BCUT2D eigenvalue weighted by Crippen LogP contribution is 2.21. The van der Waals surface area contributed by atoms with Gasteiger partial charge in [0.1, 0.15) is 0 Å². The van der Waals surface area contributed by atoms with Gasteiger partial charge in [-0.1, -0.05) is 17.7 Å². The average molecular weight is 243 g/mol. The van der Waals surface area contributed by atoms with Crippen molar-refractivity contribution < 1.29 is 0 Å². The molecular formula is C14H11ClN2. The van der Waals surface area contributed by atoms with Crippen LogP contribution in [0.3, 0.4) is 0 Å². The van der Waals surface area contributed by atoms with Crippen LogP contribution in [0.2, 0.25) is 5.02 Å². The number of hydrogen-bond donors (Lipinski definition) is 0. The first-order chi connectivity index (χ1) is 8.33. The van der Waals surface area contributed by atoms with Crippen molar-refractivity contribution in [2.45, 2.75) is 6.54 Å². The molecule has 0 saturated carbocycles. The van der Waals surface area contributed by atoms with Crippen molar-refractivity contribution in [2.75, 3.05) is 0 Å². The number of rotatable bonds is 2. The van der Waals surface area contributed by atoms with Crippen LogP contribution < -0.4 is 0 Å². The average Bonchev–Trinajstić information content (AvgIpc) is 2.73. The Bertz CT molecular complexity index is 644.